The van der Waals surface area contributed by atoms with E-state index < -0.39 is 0 Å². The van der Waals surface area contributed by atoms with Gasteiger partial charge in [-0.2, -0.15) is 0 Å². The van der Waals surface area contributed by atoms with Gasteiger partial charge in [0.05, 0.1) is 0 Å². The molecule has 0 heterocycles. The second kappa shape index (κ2) is 32.6. The SMILES string of the molecule is C=C(CCCCCCCC)CC(CCCCCCCC)CC(CCCCCCCC)CC(C)CCCCCCCC. The zero-order chi connectivity index (χ0) is 30.2. The van der Waals surface area contributed by atoms with Crippen molar-refractivity contribution in [2.24, 2.45) is 17.8 Å². The lowest BCUT2D eigenvalue weighted by molar-refractivity contribution is 0.266. The van der Waals surface area contributed by atoms with Crippen LogP contribution < -0.4 is 0 Å². The molecule has 0 heteroatoms. The molecule has 0 aromatic heterocycles. The van der Waals surface area contributed by atoms with E-state index >= 15 is 0 Å². The Morgan fingerprint density at radius 1 is 0.415 bits per heavy atom. The van der Waals surface area contributed by atoms with Crippen molar-refractivity contribution >= 4 is 0 Å². The fourth-order valence-electron chi connectivity index (χ4n) is 7.16. The van der Waals surface area contributed by atoms with Gasteiger partial charge in [0.15, 0.2) is 0 Å². The predicted octanol–water partition coefficient (Wildman–Crippen LogP) is 15.6. The number of hydrogen-bond donors (Lipinski definition) is 0. The molecule has 0 spiro atoms. The Balaban J connectivity index is 4.94. The number of hydrogen-bond acceptors (Lipinski definition) is 0. The topological polar surface area (TPSA) is 0 Å². The van der Waals surface area contributed by atoms with Crippen LogP contribution in [0.15, 0.2) is 12.2 Å². The molecule has 0 aromatic carbocycles. The van der Waals surface area contributed by atoms with Crippen molar-refractivity contribution in [2.45, 2.75) is 234 Å². The third-order valence-electron chi connectivity index (χ3n) is 9.85. The van der Waals surface area contributed by atoms with Gasteiger partial charge in [0, 0.05) is 0 Å². The molecule has 0 nitrogen and oxygen atoms in total. The lowest BCUT2D eigenvalue weighted by atomic mass is 9.79. The monoisotopic (exact) mass is 575 g/mol. The van der Waals surface area contributed by atoms with Gasteiger partial charge in [0.1, 0.15) is 0 Å². The largest absolute Gasteiger partial charge is 0.0999 e. The molecular formula is C41H82. The molecule has 41 heavy (non-hydrogen) atoms. The fourth-order valence-corrected chi connectivity index (χ4v) is 7.16. The maximum Gasteiger partial charge on any atom is -0.0294 e. The minimum Gasteiger partial charge on any atom is -0.0999 e. The van der Waals surface area contributed by atoms with Crippen LogP contribution in [-0.4, -0.2) is 0 Å². The first kappa shape index (κ1) is 40.7. The molecule has 0 aliphatic heterocycles. The van der Waals surface area contributed by atoms with Crippen molar-refractivity contribution in [2.75, 3.05) is 0 Å². The summed E-state index contributed by atoms with van der Waals surface area (Å²) in [6, 6.07) is 0. The third-order valence-corrected chi connectivity index (χ3v) is 9.85. The van der Waals surface area contributed by atoms with Gasteiger partial charge in [-0.15, -0.1) is 0 Å². The van der Waals surface area contributed by atoms with Crippen LogP contribution in [0.5, 0.6) is 0 Å². The van der Waals surface area contributed by atoms with Crippen LogP contribution in [0.25, 0.3) is 0 Å². The molecule has 0 rings (SSSR count). The van der Waals surface area contributed by atoms with E-state index in [1.807, 2.05) is 0 Å². The maximum absolute atomic E-state index is 4.64. The first-order valence-electron chi connectivity index (χ1n) is 19.7. The van der Waals surface area contributed by atoms with Crippen molar-refractivity contribution in [3.05, 3.63) is 12.2 Å². The molecule has 3 atom stereocenters. The lowest BCUT2D eigenvalue weighted by Gasteiger charge is -2.27. The van der Waals surface area contributed by atoms with Crippen LogP contribution in [-0.2, 0) is 0 Å². The quantitative estimate of drug-likeness (QED) is 0.0529. The number of allylic oxidation sites excluding steroid dienone is 1. The van der Waals surface area contributed by atoms with Crippen LogP contribution in [0.4, 0.5) is 0 Å². The first-order valence-corrected chi connectivity index (χ1v) is 19.7. The van der Waals surface area contributed by atoms with Gasteiger partial charge in [-0.3, -0.25) is 0 Å². The van der Waals surface area contributed by atoms with E-state index in [0.717, 1.165) is 17.8 Å². The average molecular weight is 575 g/mol. The van der Waals surface area contributed by atoms with E-state index in [1.54, 1.807) is 5.57 Å². The van der Waals surface area contributed by atoms with Crippen molar-refractivity contribution < 1.29 is 0 Å². The van der Waals surface area contributed by atoms with E-state index in [9.17, 15) is 0 Å². The smallest absolute Gasteiger partial charge is 0.0294 e. The molecule has 246 valence electrons. The lowest BCUT2D eigenvalue weighted by Crippen LogP contribution is -2.14. The summed E-state index contributed by atoms with van der Waals surface area (Å²) in [4.78, 5) is 0. The molecule has 0 saturated heterocycles. The van der Waals surface area contributed by atoms with Crippen LogP contribution >= 0.6 is 0 Å². The van der Waals surface area contributed by atoms with Crippen LogP contribution in [0.1, 0.15) is 234 Å². The summed E-state index contributed by atoms with van der Waals surface area (Å²) in [5.74, 6) is 2.75. The molecule has 0 radical (unpaired) electrons. The van der Waals surface area contributed by atoms with Crippen LogP contribution in [0.2, 0.25) is 0 Å². The molecule has 0 bridgehead atoms. The summed E-state index contributed by atoms with van der Waals surface area (Å²) in [7, 11) is 0. The number of unbranched alkanes of at least 4 members (excludes halogenated alkanes) is 20. The van der Waals surface area contributed by atoms with Gasteiger partial charge in [-0.25, -0.2) is 0 Å². The predicted molar refractivity (Wildman–Crippen MR) is 191 cm³/mol. The zero-order valence-electron chi connectivity index (χ0n) is 29.9. The summed E-state index contributed by atoms with van der Waals surface area (Å²) in [6.07, 6.45) is 44.3. The second-order valence-corrected chi connectivity index (χ2v) is 14.4. The van der Waals surface area contributed by atoms with Gasteiger partial charge in [0.25, 0.3) is 0 Å². The van der Waals surface area contributed by atoms with E-state index in [-0.39, 0.29) is 0 Å². The minimum absolute atomic E-state index is 0.889. The Morgan fingerprint density at radius 2 is 0.780 bits per heavy atom. The van der Waals surface area contributed by atoms with E-state index in [1.165, 1.54) is 199 Å². The van der Waals surface area contributed by atoms with Gasteiger partial charge >= 0.3 is 0 Å². The average Bonchev–Trinajstić information content (AvgIpc) is 2.96. The Hall–Kier alpha value is -0.260. The van der Waals surface area contributed by atoms with Crippen molar-refractivity contribution in [3.63, 3.8) is 0 Å². The molecule has 3 unspecified atom stereocenters. The zero-order valence-corrected chi connectivity index (χ0v) is 29.9. The molecule has 0 aliphatic carbocycles. The Kier molecular flexibility index (Phi) is 32.4. The van der Waals surface area contributed by atoms with E-state index in [2.05, 4.69) is 41.2 Å². The fraction of sp³-hybridized carbons (Fsp3) is 0.951. The normalized spacial score (nSPS) is 13.9. The Bertz CT molecular complexity index is 504. The summed E-state index contributed by atoms with van der Waals surface area (Å²) in [5, 5.41) is 0. The van der Waals surface area contributed by atoms with Crippen molar-refractivity contribution in [3.8, 4) is 0 Å². The van der Waals surface area contributed by atoms with Gasteiger partial charge < -0.3 is 0 Å². The summed E-state index contributed by atoms with van der Waals surface area (Å²) < 4.78 is 0. The van der Waals surface area contributed by atoms with Crippen molar-refractivity contribution in [1.29, 1.82) is 0 Å². The first-order chi connectivity index (χ1) is 20.1. The molecule has 0 aliphatic rings. The van der Waals surface area contributed by atoms with Gasteiger partial charge in [-0.05, 0) is 49.9 Å². The Labute approximate surface area is 263 Å². The Morgan fingerprint density at radius 3 is 1.24 bits per heavy atom. The molecule has 0 fully saturated rings. The van der Waals surface area contributed by atoms with E-state index in [0.29, 0.717) is 0 Å². The highest BCUT2D eigenvalue weighted by Gasteiger charge is 2.20. The minimum atomic E-state index is 0.889. The third kappa shape index (κ3) is 29.6. The molecule has 0 saturated carbocycles. The maximum atomic E-state index is 4.64. The van der Waals surface area contributed by atoms with E-state index in [4.69, 9.17) is 0 Å². The van der Waals surface area contributed by atoms with Gasteiger partial charge in [0.2, 0.25) is 0 Å². The second-order valence-electron chi connectivity index (χ2n) is 14.4. The van der Waals surface area contributed by atoms with Crippen LogP contribution in [0.3, 0.4) is 0 Å². The highest BCUT2D eigenvalue weighted by molar-refractivity contribution is 4.96. The van der Waals surface area contributed by atoms with Gasteiger partial charge in [-0.1, -0.05) is 214 Å². The summed E-state index contributed by atoms with van der Waals surface area (Å²) in [5.41, 5.74) is 1.58. The summed E-state index contributed by atoms with van der Waals surface area (Å²) >= 11 is 0. The molecule has 0 N–H and O–H groups in total. The molecule has 0 aromatic rings. The summed E-state index contributed by atoms with van der Waals surface area (Å²) in [6.45, 7) is 16.5. The molecule has 0 amide bonds. The van der Waals surface area contributed by atoms with Crippen molar-refractivity contribution in [1.82, 2.24) is 0 Å². The van der Waals surface area contributed by atoms with Crippen LogP contribution in [0, 0.1) is 17.8 Å². The highest BCUT2D eigenvalue weighted by atomic mass is 14.3. The molecular weight excluding hydrogens is 492 g/mol. The number of rotatable bonds is 34. The standard InChI is InChI=1S/C41H82/c1-7-11-15-19-23-27-31-38(5)35-40(33-29-25-21-17-13-9-3)37-41(34-30-26-22-18-14-10-4)36-39(6)32-28-24-20-16-12-8-2/h39-41H,5,7-37H2,1-4,6H3. The highest BCUT2D eigenvalue weighted by Crippen LogP contribution is 2.34.